The zero-order valence-corrected chi connectivity index (χ0v) is 25.6. The molecule has 8 nitrogen and oxygen atoms in total. The van der Waals surface area contributed by atoms with E-state index in [9.17, 15) is 14.7 Å². The number of ketones is 1. The summed E-state index contributed by atoms with van der Waals surface area (Å²) in [6.07, 6.45) is 6.04. The van der Waals surface area contributed by atoms with Gasteiger partial charge in [0, 0.05) is 33.8 Å². The van der Waals surface area contributed by atoms with E-state index in [0.29, 0.717) is 43.6 Å². The molecule has 0 aliphatic carbocycles. The van der Waals surface area contributed by atoms with Crippen LogP contribution in [0.5, 0.6) is 5.75 Å². The number of rotatable bonds is 11. The van der Waals surface area contributed by atoms with E-state index in [2.05, 4.69) is 22.1 Å². The lowest BCUT2D eigenvalue weighted by molar-refractivity contribution is -0.132. The van der Waals surface area contributed by atoms with Gasteiger partial charge in [-0.1, -0.05) is 84.3 Å². The van der Waals surface area contributed by atoms with Gasteiger partial charge in [-0.3, -0.25) is 19.5 Å². The Morgan fingerprint density at radius 1 is 1.07 bits per heavy atom. The Labute approximate surface area is 261 Å². The predicted octanol–water partition coefficient (Wildman–Crippen LogP) is 7.73. The first-order chi connectivity index (χ1) is 20.4. The summed E-state index contributed by atoms with van der Waals surface area (Å²) >= 11 is 14.9. The minimum Gasteiger partial charge on any atom is -0.507 e. The smallest absolute Gasteiger partial charge is 0.301 e. The van der Waals surface area contributed by atoms with E-state index in [1.165, 1.54) is 40.4 Å². The van der Waals surface area contributed by atoms with Crippen LogP contribution in [-0.4, -0.2) is 38.6 Å². The first-order valence-corrected chi connectivity index (χ1v) is 15.8. The number of halogens is 2. The van der Waals surface area contributed by atoms with Crippen molar-refractivity contribution in [3.05, 3.63) is 99.3 Å². The molecule has 1 atom stereocenters. The van der Waals surface area contributed by atoms with Gasteiger partial charge in [-0.15, -0.1) is 10.2 Å². The van der Waals surface area contributed by atoms with Crippen LogP contribution in [0.1, 0.15) is 48.9 Å². The summed E-state index contributed by atoms with van der Waals surface area (Å²) in [5.74, 6) is -0.813. The van der Waals surface area contributed by atoms with Gasteiger partial charge in [0.2, 0.25) is 5.13 Å². The molecule has 2 aromatic heterocycles. The lowest BCUT2D eigenvalue weighted by Crippen LogP contribution is -2.29. The number of carbonyl (C=O) groups is 2. The summed E-state index contributed by atoms with van der Waals surface area (Å²) in [7, 11) is 0. The van der Waals surface area contributed by atoms with E-state index in [1.54, 1.807) is 42.5 Å². The van der Waals surface area contributed by atoms with Crippen molar-refractivity contribution in [2.45, 2.75) is 42.3 Å². The van der Waals surface area contributed by atoms with Gasteiger partial charge in [0.25, 0.3) is 5.78 Å². The fourth-order valence-corrected chi connectivity index (χ4v) is 6.89. The highest BCUT2D eigenvalue weighted by Gasteiger charge is 2.48. The number of pyridine rings is 1. The molecule has 0 radical (unpaired) electrons. The molecule has 2 aromatic carbocycles. The van der Waals surface area contributed by atoms with Crippen molar-refractivity contribution in [1.82, 2.24) is 15.2 Å². The summed E-state index contributed by atoms with van der Waals surface area (Å²) in [6, 6.07) is 14.7. The number of hydrogen-bond acceptors (Lipinski definition) is 9. The fraction of sp³-hybridized carbons (Fsp3) is 0.233. The molecule has 0 spiro atoms. The van der Waals surface area contributed by atoms with Crippen LogP contribution in [0.25, 0.3) is 5.76 Å². The predicted molar refractivity (Wildman–Crippen MR) is 166 cm³/mol. The third-order valence-electron chi connectivity index (χ3n) is 6.56. The number of amides is 1. The second kappa shape index (κ2) is 13.7. The first-order valence-electron chi connectivity index (χ1n) is 13.2. The maximum Gasteiger partial charge on any atom is 0.301 e. The van der Waals surface area contributed by atoms with Gasteiger partial charge >= 0.3 is 5.91 Å². The average Bonchev–Trinajstić information content (AvgIpc) is 3.57. The molecule has 1 saturated heterocycles. The van der Waals surface area contributed by atoms with Gasteiger partial charge in [0.1, 0.15) is 11.5 Å². The van der Waals surface area contributed by atoms with Crippen LogP contribution in [0.2, 0.25) is 10.0 Å². The number of nitrogens with zero attached hydrogens (tertiary/aromatic N) is 4. The zero-order chi connectivity index (χ0) is 29.6. The van der Waals surface area contributed by atoms with Crippen molar-refractivity contribution in [2.24, 2.45) is 0 Å². The van der Waals surface area contributed by atoms with Gasteiger partial charge in [0.05, 0.1) is 18.2 Å². The Morgan fingerprint density at radius 2 is 1.88 bits per heavy atom. The summed E-state index contributed by atoms with van der Waals surface area (Å²) in [4.78, 5) is 32.3. The van der Waals surface area contributed by atoms with E-state index >= 15 is 0 Å². The summed E-state index contributed by atoms with van der Waals surface area (Å²) in [5, 5.41) is 21.1. The molecule has 1 unspecified atom stereocenters. The Morgan fingerprint density at radius 3 is 2.64 bits per heavy atom. The second-order valence-electron chi connectivity index (χ2n) is 9.41. The van der Waals surface area contributed by atoms with Crippen LogP contribution in [0.4, 0.5) is 5.13 Å². The van der Waals surface area contributed by atoms with Crippen molar-refractivity contribution in [1.29, 1.82) is 0 Å². The Balaban J connectivity index is 1.50. The highest BCUT2D eigenvalue weighted by molar-refractivity contribution is 8.00. The minimum absolute atomic E-state index is 0.0494. The molecule has 0 bridgehead atoms. The molecule has 0 saturated carbocycles. The number of thioether (sulfide) groups is 1. The standard InChI is InChI=1S/C30H26Cl2N4O4S2/c1-2-3-4-14-40-22-7-5-6-19(15-22)25-24(26(37)18-10-12-33-13-11-18)27(38)28(39)36(25)29-34-35-30(42-29)41-17-20-8-9-21(31)16-23(20)32/h5-13,15-16,25,37H,2-4,14,17H2,1H3. The number of ether oxygens (including phenoxy) is 1. The molecule has 12 heteroatoms. The van der Waals surface area contributed by atoms with E-state index in [0.717, 1.165) is 24.8 Å². The van der Waals surface area contributed by atoms with Crippen LogP contribution in [0.15, 0.2) is 76.9 Å². The molecule has 4 aromatic rings. The van der Waals surface area contributed by atoms with Gasteiger partial charge in [-0.25, -0.2) is 0 Å². The lowest BCUT2D eigenvalue weighted by atomic mass is 9.95. The number of aromatic nitrogens is 3. The van der Waals surface area contributed by atoms with Gasteiger partial charge < -0.3 is 9.84 Å². The number of hydrogen-bond donors (Lipinski definition) is 1. The van der Waals surface area contributed by atoms with Crippen LogP contribution in [0, 0.1) is 0 Å². The molecule has 42 heavy (non-hydrogen) atoms. The number of anilines is 1. The van der Waals surface area contributed by atoms with Crippen LogP contribution >= 0.6 is 46.3 Å². The number of benzene rings is 2. The lowest BCUT2D eigenvalue weighted by Gasteiger charge is -2.23. The molecule has 1 amide bonds. The van der Waals surface area contributed by atoms with Crippen LogP contribution in [-0.2, 0) is 15.3 Å². The monoisotopic (exact) mass is 640 g/mol. The number of unbranched alkanes of at least 4 members (excludes halogenated alkanes) is 2. The molecular formula is C30H26Cl2N4O4S2. The third-order valence-corrected chi connectivity index (χ3v) is 9.25. The van der Waals surface area contributed by atoms with Crippen molar-refractivity contribution in [2.75, 3.05) is 11.5 Å². The maximum atomic E-state index is 13.5. The van der Waals surface area contributed by atoms with Crippen molar-refractivity contribution < 1.29 is 19.4 Å². The molecule has 5 rings (SSSR count). The minimum atomic E-state index is -0.950. The van der Waals surface area contributed by atoms with Crippen LogP contribution in [0.3, 0.4) is 0 Å². The van der Waals surface area contributed by atoms with E-state index < -0.39 is 17.7 Å². The molecule has 1 fully saturated rings. The molecule has 1 N–H and O–H groups in total. The maximum absolute atomic E-state index is 13.5. The SMILES string of the molecule is CCCCCOc1cccc(C2C(=C(O)c3ccncc3)C(=O)C(=O)N2c2nnc(SCc3ccc(Cl)cc3Cl)s2)c1. The largest absolute Gasteiger partial charge is 0.507 e. The first kappa shape index (κ1) is 30.0. The Bertz CT molecular complexity index is 1630. The van der Waals surface area contributed by atoms with Gasteiger partial charge in [-0.2, -0.15) is 0 Å². The molecular weight excluding hydrogens is 615 g/mol. The highest BCUT2D eigenvalue weighted by atomic mass is 35.5. The third kappa shape index (κ3) is 6.62. The summed E-state index contributed by atoms with van der Waals surface area (Å²) < 4.78 is 6.54. The molecule has 1 aliphatic rings. The summed E-state index contributed by atoms with van der Waals surface area (Å²) in [5.41, 5.74) is 1.78. The molecule has 3 heterocycles. The molecule has 1 aliphatic heterocycles. The number of aliphatic hydroxyl groups is 1. The number of carbonyl (C=O) groups excluding carboxylic acids is 2. The molecule has 216 valence electrons. The highest BCUT2D eigenvalue weighted by Crippen LogP contribution is 2.44. The normalized spacial score (nSPS) is 16.3. The van der Waals surface area contributed by atoms with E-state index in [1.807, 2.05) is 12.1 Å². The Hall–Kier alpha value is -3.44. The average molecular weight is 642 g/mol. The van der Waals surface area contributed by atoms with E-state index in [-0.39, 0.29) is 16.5 Å². The quantitative estimate of drug-likeness (QED) is 0.0443. The van der Waals surface area contributed by atoms with Crippen molar-refractivity contribution in [3.63, 3.8) is 0 Å². The van der Waals surface area contributed by atoms with Gasteiger partial charge in [0.15, 0.2) is 4.34 Å². The summed E-state index contributed by atoms with van der Waals surface area (Å²) in [6.45, 7) is 2.67. The zero-order valence-electron chi connectivity index (χ0n) is 22.5. The number of aliphatic hydroxyl groups excluding tert-OH is 1. The Kier molecular flexibility index (Phi) is 9.79. The second-order valence-corrected chi connectivity index (χ2v) is 12.4. The van der Waals surface area contributed by atoms with Crippen molar-refractivity contribution in [3.8, 4) is 5.75 Å². The number of Topliss-reactive ketones (excluding diaryl/α,β-unsaturated/α-hetero) is 1. The topological polar surface area (TPSA) is 106 Å². The van der Waals surface area contributed by atoms with Gasteiger partial charge in [-0.05, 0) is 53.9 Å². The van der Waals surface area contributed by atoms with E-state index in [4.69, 9.17) is 27.9 Å². The van der Waals surface area contributed by atoms with Crippen LogP contribution < -0.4 is 9.64 Å². The van der Waals surface area contributed by atoms with Crippen molar-refractivity contribution >= 4 is 68.9 Å². The fourth-order valence-electron chi connectivity index (χ4n) is 4.46.